The van der Waals surface area contributed by atoms with Gasteiger partial charge in [-0.1, -0.05) is 0 Å². The van der Waals surface area contributed by atoms with Crippen LogP contribution in [0.4, 0.5) is 0 Å². The maximum atomic E-state index is 13.5. The lowest BCUT2D eigenvalue weighted by Gasteiger charge is -2.47. The summed E-state index contributed by atoms with van der Waals surface area (Å²) in [7, 11) is -3.60. The predicted molar refractivity (Wildman–Crippen MR) is 119 cm³/mol. The van der Waals surface area contributed by atoms with E-state index in [1.54, 1.807) is 0 Å². The summed E-state index contributed by atoms with van der Waals surface area (Å²) in [5.74, 6) is 0.181. The fourth-order valence-electron chi connectivity index (χ4n) is 8.99. The normalized spacial score (nSPS) is 47.9. The van der Waals surface area contributed by atoms with Crippen LogP contribution >= 0.6 is 0 Å². The molecule has 3 aliphatic heterocycles. The maximum absolute atomic E-state index is 13.5. The predicted octanol–water partition coefficient (Wildman–Crippen LogP) is 3.90. The lowest BCUT2D eigenvalue weighted by Crippen LogP contribution is -2.56. The van der Waals surface area contributed by atoms with Gasteiger partial charge >= 0.3 is 0 Å². The van der Waals surface area contributed by atoms with E-state index in [-0.39, 0.29) is 23.2 Å². The summed E-state index contributed by atoms with van der Waals surface area (Å²) in [6.07, 6.45) is 12.3. The van der Waals surface area contributed by atoms with Crippen molar-refractivity contribution in [2.24, 2.45) is 23.7 Å². The first-order valence-electron chi connectivity index (χ1n) is 13.5. The Bertz CT molecular complexity index is 865. The van der Waals surface area contributed by atoms with Gasteiger partial charge in [0.25, 0.3) is 10.1 Å². The second-order valence-electron chi connectivity index (χ2n) is 11.9. The van der Waals surface area contributed by atoms with Gasteiger partial charge in [0.05, 0.1) is 31.2 Å². The zero-order valence-electron chi connectivity index (χ0n) is 19.5. The molecule has 0 aromatic carbocycles. The number of hydrogen-bond acceptors (Lipinski definition) is 7. The van der Waals surface area contributed by atoms with E-state index in [4.69, 9.17) is 23.1 Å². The van der Waals surface area contributed by atoms with Crippen LogP contribution in [0.2, 0.25) is 0 Å². The zero-order valence-corrected chi connectivity index (χ0v) is 20.4. The van der Waals surface area contributed by atoms with Gasteiger partial charge in [-0.2, -0.15) is 8.42 Å². The quantitative estimate of drug-likeness (QED) is 0.552. The molecule has 7 aliphatic rings. The molecule has 0 radical (unpaired) electrons. The van der Waals surface area contributed by atoms with E-state index in [0.717, 1.165) is 96.7 Å². The van der Waals surface area contributed by atoms with Crippen LogP contribution in [0.25, 0.3) is 0 Å². The fourth-order valence-corrected chi connectivity index (χ4v) is 11.4. The lowest BCUT2D eigenvalue weighted by molar-refractivity contribution is -0.316. The molecule has 33 heavy (non-hydrogen) atoms. The summed E-state index contributed by atoms with van der Waals surface area (Å²) in [4.78, 5) is 0. The van der Waals surface area contributed by atoms with Crippen LogP contribution in [0, 0.1) is 23.7 Å². The van der Waals surface area contributed by atoms with Crippen molar-refractivity contribution in [3.8, 4) is 0 Å². The Kier molecular flexibility index (Phi) is 5.08. The number of ether oxygens (including phenoxy) is 4. The highest BCUT2D eigenvalue weighted by molar-refractivity contribution is 7.87. The van der Waals surface area contributed by atoms with Gasteiger partial charge < -0.3 is 18.9 Å². The van der Waals surface area contributed by atoms with Gasteiger partial charge in [-0.15, -0.1) is 0 Å². The molecular weight excluding hydrogens is 444 g/mol. The Labute approximate surface area is 197 Å². The molecule has 8 heteroatoms. The first-order valence-corrected chi connectivity index (χ1v) is 15.0. The van der Waals surface area contributed by atoms with Gasteiger partial charge in [0.2, 0.25) is 0 Å². The molecule has 2 bridgehead atoms. The van der Waals surface area contributed by atoms with Crippen LogP contribution in [0.5, 0.6) is 0 Å². The second-order valence-corrected chi connectivity index (χ2v) is 13.6. The van der Waals surface area contributed by atoms with E-state index < -0.39 is 27.3 Å². The average Bonchev–Trinajstić information content (AvgIpc) is 3.48. The first kappa shape index (κ1) is 22.0. The molecule has 0 amide bonds. The second kappa shape index (κ2) is 7.62. The molecule has 7 rings (SSSR count). The summed E-state index contributed by atoms with van der Waals surface area (Å²) in [5, 5.41) is -0.364. The van der Waals surface area contributed by atoms with Crippen LogP contribution in [0.3, 0.4) is 0 Å². The third-order valence-corrected chi connectivity index (χ3v) is 12.2. The van der Waals surface area contributed by atoms with Crippen molar-refractivity contribution in [1.29, 1.82) is 0 Å². The maximum Gasteiger partial charge on any atom is 0.271 e. The first-order chi connectivity index (χ1) is 15.9. The molecule has 0 aromatic rings. The van der Waals surface area contributed by atoms with E-state index >= 15 is 0 Å². The molecule has 4 aliphatic carbocycles. The highest BCUT2D eigenvalue weighted by Gasteiger charge is 2.75. The molecule has 2 spiro atoms. The van der Waals surface area contributed by atoms with Gasteiger partial charge in [-0.25, -0.2) is 0 Å². The van der Waals surface area contributed by atoms with E-state index in [1.807, 2.05) is 0 Å². The summed E-state index contributed by atoms with van der Waals surface area (Å²) in [6, 6.07) is 0. The molecular formula is C25H38O7S. The largest absolute Gasteiger partial charge is 0.350 e. The standard InChI is InChI=1S/C25H38O7S/c26-33(27)22-19-15-18(21(22)17-5-10-23(11-6-17)28-12-3-4-13-29-23)16-25(19,32-33)20-7-14-30-24(31-20)8-1-2-9-24/h17-22H,1-16H2. The third kappa shape index (κ3) is 3.27. The van der Waals surface area contributed by atoms with Crippen LogP contribution in [0.15, 0.2) is 0 Å². The van der Waals surface area contributed by atoms with Crippen molar-refractivity contribution >= 4 is 10.1 Å². The molecule has 3 heterocycles. The molecule has 3 saturated heterocycles. The molecule has 186 valence electrons. The highest BCUT2D eigenvalue weighted by Crippen LogP contribution is 2.68. The molecule has 4 saturated carbocycles. The van der Waals surface area contributed by atoms with E-state index in [2.05, 4.69) is 0 Å². The molecule has 6 unspecified atom stereocenters. The Morgan fingerprint density at radius 1 is 0.727 bits per heavy atom. The minimum absolute atomic E-state index is 0.0697. The van der Waals surface area contributed by atoms with Crippen LogP contribution < -0.4 is 0 Å². The molecule has 7 fully saturated rings. The topological polar surface area (TPSA) is 80.3 Å². The van der Waals surface area contributed by atoms with Crippen molar-refractivity contribution < 1.29 is 31.5 Å². The highest BCUT2D eigenvalue weighted by atomic mass is 32.2. The lowest BCUT2D eigenvalue weighted by atomic mass is 9.67. The fraction of sp³-hybridized carbons (Fsp3) is 1.00. The Morgan fingerprint density at radius 2 is 1.42 bits per heavy atom. The van der Waals surface area contributed by atoms with Crippen LogP contribution in [0.1, 0.15) is 83.5 Å². The van der Waals surface area contributed by atoms with Crippen molar-refractivity contribution in [1.82, 2.24) is 0 Å². The minimum Gasteiger partial charge on any atom is -0.350 e. The van der Waals surface area contributed by atoms with Crippen LogP contribution in [-0.4, -0.2) is 56.8 Å². The van der Waals surface area contributed by atoms with Gasteiger partial charge in [0.1, 0.15) is 5.60 Å². The van der Waals surface area contributed by atoms with Crippen molar-refractivity contribution in [2.75, 3.05) is 19.8 Å². The number of rotatable bonds is 2. The number of hydrogen-bond donors (Lipinski definition) is 0. The van der Waals surface area contributed by atoms with Gasteiger partial charge in [-0.05, 0) is 69.1 Å². The monoisotopic (exact) mass is 482 g/mol. The van der Waals surface area contributed by atoms with E-state index in [0.29, 0.717) is 18.4 Å². The van der Waals surface area contributed by atoms with E-state index in [9.17, 15) is 8.42 Å². The minimum atomic E-state index is -3.60. The summed E-state index contributed by atoms with van der Waals surface area (Å²) in [5.41, 5.74) is -0.659. The van der Waals surface area contributed by atoms with Crippen molar-refractivity contribution in [3.63, 3.8) is 0 Å². The molecule has 7 nitrogen and oxygen atoms in total. The van der Waals surface area contributed by atoms with Crippen molar-refractivity contribution in [3.05, 3.63) is 0 Å². The number of fused-ring (bicyclic) bond motifs is 1. The summed E-state index contributed by atoms with van der Waals surface area (Å²) < 4.78 is 58.1. The summed E-state index contributed by atoms with van der Waals surface area (Å²) in [6.45, 7) is 2.20. The molecule has 6 atom stereocenters. The smallest absolute Gasteiger partial charge is 0.271 e. The SMILES string of the molecule is O=S1(=O)OC2(C3CCOC4(CCCC4)O3)CC3CC2C1C3C1CCC2(CC1)OCCCCO2. The van der Waals surface area contributed by atoms with E-state index in [1.165, 1.54) is 0 Å². The van der Waals surface area contributed by atoms with Crippen molar-refractivity contribution in [2.45, 2.75) is 112 Å². The molecule has 0 aromatic heterocycles. The Morgan fingerprint density at radius 3 is 2.15 bits per heavy atom. The van der Waals surface area contributed by atoms with Gasteiger partial charge in [0.15, 0.2) is 11.6 Å². The summed E-state index contributed by atoms with van der Waals surface area (Å²) >= 11 is 0. The average molecular weight is 483 g/mol. The van der Waals surface area contributed by atoms with Crippen LogP contribution in [-0.2, 0) is 33.2 Å². The van der Waals surface area contributed by atoms with Gasteiger partial charge in [-0.3, -0.25) is 4.18 Å². The zero-order chi connectivity index (χ0) is 22.3. The van der Waals surface area contributed by atoms with Gasteiger partial charge in [0, 0.05) is 38.0 Å². The molecule has 0 N–H and O–H groups in total. The third-order valence-electron chi connectivity index (χ3n) is 10.3. The Balaban J connectivity index is 1.11. The Hall–Kier alpha value is -0.250.